The molecule has 0 radical (unpaired) electrons. The molecule has 0 aliphatic heterocycles. The second-order valence-corrected chi connectivity index (χ2v) is 6.02. The van der Waals surface area contributed by atoms with Crippen molar-refractivity contribution in [3.05, 3.63) is 27.7 Å². The van der Waals surface area contributed by atoms with E-state index in [4.69, 9.17) is 28.3 Å². The fourth-order valence-corrected chi connectivity index (χ4v) is 3.02. The highest BCUT2D eigenvalue weighted by Crippen LogP contribution is 2.29. The quantitative estimate of drug-likeness (QED) is 0.886. The lowest BCUT2D eigenvalue weighted by atomic mass is 10.2. The predicted octanol–water partition coefficient (Wildman–Crippen LogP) is 2.33. The minimum atomic E-state index is -4.69. The van der Waals surface area contributed by atoms with Gasteiger partial charge in [-0.25, -0.2) is 13.1 Å². The van der Waals surface area contributed by atoms with Gasteiger partial charge in [0.1, 0.15) is 11.4 Å². The molecule has 10 heteroatoms. The van der Waals surface area contributed by atoms with E-state index < -0.39 is 34.2 Å². The maximum absolute atomic E-state index is 12.0. The third-order valence-corrected chi connectivity index (χ3v) is 4.24. The first kappa shape index (κ1) is 16.5. The molecular formula is C9H8Cl2F3NO3S. The molecule has 0 unspecified atom stereocenters. The van der Waals surface area contributed by atoms with Crippen LogP contribution in [0.25, 0.3) is 0 Å². The normalized spacial score (nSPS) is 12.7. The molecule has 0 fully saturated rings. The summed E-state index contributed by atoms with van der Waals surface area (Å²) < 4.78 is 60.7. The summed E-state index contributed by atoms with van der Waals surface area (Å²) in [6.45, 7) is -2.29. The van der Waals surface area contributed by atoms with Crippen LogP contribution in [0.2, 0.25) is 10.0 Å². The first-order valence-corrected chi connectivity index (χ1v) is 6.96. The Kier molecular flexibility index (Phi) is 5.08. The number of hydrogen-bond donors (Lipinski definition) is 2. The Labute approximate surface area is 117 Å². The Balaban J connectivity index is 3.14. The van der Waals surface area contributed by atoms with Crippen LogP contribution in [0.4, 0.5) is 13.2 Å². The zero-order chi connectivity index (χ0) is 14.8. The van der Waals surface area contributed by atoms with Crippen LogP contribution in [-0.2, 0) is 16.6 Å². The lowest BCUT2D eigenvalue weighted by molar-refractivity contribution is -0.121. The van der Waals surface area contributed by atoms with Gasteiger partial charge in [0.15, 0.2) is 0 Å². The molecule has 0 atom stereocenters. The molecule has 0 aliphatic rings. The number of halogens is 5. The Morgan fingerprint density at radius 2 is 1.79 bits per heavy atom. The van der Waals surface area contributed by atoms with Crippen molar-refractivity contribution >= 4 is 33.2 Å². The minimum absolute atomic E-state index is 0.0160. The van der Waals surface area contributed by atoms with E-state index in [1.54, 1.807) is 0 Å². The van der Waals surface area contributed by atoms with Crippen molar-refractivity contribution in [1.29, 1.82) is 0 Å². The van der Waals surface area contributed by atoms with Crippen molar-refractivity contribution in [2.45, 2.75) is 17.7 Å². The number of rotatable bonds is 4. The van der Waals surface area contributed by atoms with Gasteiger partial charge in [0.25, 0.3) is 0 Å². The van der Waals surface area contributed by atoms with E-state index in [1.807, 2.05) is 0 Å². The second-order valence-electron chi connectivity index (χ2n) is 3.47. The molecule has 108 valence electrons. The number of alkyl halides is 3. The maximum Gasteiger partial charge on any atom is 0.402 e. The third kappa shape index (κ3) is 4.50. The highest BCUT2D eigenvalue weighted by molar-refractivity contribution is 7.89. The van der Waals surface area contributed by atoms with E-state index in [0.29, 0.717) is 0 Å². The number of hydrogen-bond acceptors (Lipinski definition) is 3. The van der Waals surface area contributed by atoms with Crippen molar-refractivity contribution in [1.82, 2.24) is 4.72 Å². The molecule has 0 aromatic heterocycles. The van der Waals surface area contributed by atoms with Gasteiger partial charge >= 0.3 is 6.18 Å². The molecule has 1 rings (SSSR count). The van der Waals surface area contributed by atoms with Crippen molar-refractivity contribution in [3.8, 4) is 0 Å². The summed E-state index contributed by atoms with van der Waals surface area (Å²) in [5, 5.41) is 8.62. The predicted molar refractivity (Wildman–Crippen MR) is 63.6 cm³/mol. The Morgan fingerprint density at radius 3 is 2.26 bits per heavy atom. The van der Waals surface area contributed by atoms with Crippen LogP contribution in [0.5, 0.6) is 0 Å². The van der Waals surface area contributed by atoms with Crippen LogP contribution >= 0.6 is 23.2 Å². The second kappa shape index (κ2) is 5.84. The van der Waals surface area contributed by atoms with E-state index >= 15 is 0 Å². The zero-order valence-corrected chi connectivity index (χ0v) is 11.5. The molecular weight excluding hydrogens is 330 g/mol. The summed E-state index contributed by atoms with van der Waals surface area (Å²) in [6.07, 6.45) is -4.69. The van der Waals surface area contributed by atoms with Gasteiger partial charge in [0.05, 0.1) is 11.6 Å². The Morgan fingerprint density at radius 1 is 1.21 bits per heavy atom. The Hall–Kier alpha value is -0.540. The number of sulfonamides is 1. The molecule has 0 spiro atoms. The number of nitrogens with one attached hydrogen (secondary N) is 1. The summed E-state index contributed by atoms with van der Waals surface area (Å²) in [5.74, 6) is 0. The van der Waals surface area contributed by atoms with Gasteiger partial charge in [0, 0.05) is 5.02 Å². The van der Waals surface area contributed by atoms with Crippen LogP contribution in [0.15, 0.2) is 17.0 Å². The van der Waals surface area contributed by atoms with E-state index in [9.17, 15) is 21.6 Å². The van der Waals surface area contributed by atoms with Crippen LogP contribution in [0, 0.1) is 0 Å². The SMILES string of the molecule is O=S(=O)(NCC(F)(F)F)c1cc(CO)c(Cl)cc1Cl. The largest absolute Gasteiger partial charge is 0.402 e. The molecule has 0 saturated carbocycles. The number of aliphatic hydroxyl groups excluding tert-OH is 1. The molecule has 0 amide bonds. The lowest BCUT2D eigenvalue weighted by Gasteiger charge is -2.12. The van der Waals surface area contributed by atoms with Crippen LogP contribution in [-0.4, -0.2) is 26.2 Å². The molecule has 0 aliphatic carbocycles. The summed E-state index contributed by atoms with van der Waals surface area (Å²) in [6, 6.07) is 1.96. The molecule has 0 bridgehead atoms. The smallest absolute Gasteiger partial charge is 0.392 e. The summed E-state index contributed by atoms with van der Waals surface area (Å²) in [5.41, 5.74) is 0.0402. The minimum Gasteiger partial charge on any atom is -0.392 e. The highest BCUT2D eigenvalue weighted by Gasteiger charge is 2.31. The summed E-state index contributed by atoms with van der Waals surface area (Å²) in [7, 11) is -4.45. The molecule has 1 aromatic carbocycles. The Bertz CT molecular complexity index is 575. The van der Waals surface area contributed by atoms with Gasteiger partial charge in [-0.15, -0.1) is 0 Å². The lowest BCUT2D eigenvalue weighted by Crippen LogP contribution is -2.34. The first-order chi connectivity index (χ1) is 8.57. The van der Waals surface area contributed by atoms with Crippen molar-refractivity contribution in [2.24, 2.45) is 0 Å². The summed E-state index contributed by atoms with van der Waals surface area (Å²) >= 11 is 11.3. The molecule has 1 aromatic rings. The third-order valence-electron chi connectivity index (χ3n) is 2.02. The molecule has 19 heavy (non-hydrogen) atoms. The average molecular weight is 338 g/mol. The fraction of sp³-hybridized carbons (Fsp3) is 0.333. The maximum atomic E-state index is 12.0. The molecule has 2 N–H and O–H groups in total. The van der Waals surface area contributed by atoms with E-state index in [0.717, 1.165) is 12.1 Å². The van der Waals surface area contributed by atoms with Crippen molar-refractivity contribution < 1.29 is 26.7 Å². The topological polar surface area (TPSA) is 66.4 Å². The van der Waals surface area contributed by atoms with Gasteiger partial charge in [-0.2, -0.15) is 13.2 Å². The van der Waals surface area contributed by atoms with Crippen LogP contribution < -0.4 is 4.72 Å². The summed E-state index contributed by atoms with van der Waals surface area (Å²) in [4.78, 5) is -0.577. The zero-order valence-electron chi connectivity index (χ0n) is 9.13. The van der Waals surface area contributed by atoms with Gasteiger partial charge in [0.2, 0.25) is 10.0 Å². The van der Waals surface area contributed by atoms with Gasteiger partial charge in [-0.1, -0.05) is 23.2 Å². The molecule has 0 heterocycles. The van der Waals surface area contributed by atoms with Crippen LogP contribution in [0.3, 0.4) is 0 Å². The van der Waals surface area contributed by atoms with Crippen molar-refractivity contribution in [3.63, 3.8) is 0 Å². The van der Waals surface area contributed by atoms with E-state index in [2.05, 4.69) is 0 Å². The van der Waals surface area contributed by atoms with E-state index in [1.165, 1.54) is 4.72 Å². The van der Waals surface area contributed by atoms with Gasteiger partial charge in [-0.3, -0.25) is 0 Å². The van der Waals surface area contributed by atoms with Crippen molar-refractivity contribution in [2.75, 3.05) is 6.54 Å². The monoisotopic (exact) mass is 337 g/mol. The molecule has 0 saturated heterocycles. The average Bonchev–Trinajstić information content (AvgIpc) is 2.25. The highest BCUT2D eigenvalue weighted by atomic mass is 35.5. The van der Waals surface area contributed by atoms with Gasteiger partial charge in [-0.05, 0) is 17.7 Å². The van der Waals surface area contributed by atoms with Gasteiger partial charge < -0.3 is 5.11 Å². The van der Waals surface area contributed by atoms with E-state index in [-0.39, 0.29) is 15.6 Å². The van der Waals surface area contributed by atoms with Crippen LogP contribution in [0.1, 0.15) is 5.56 Å². The molecule has 4 nitrogen and oxygen atoms in total. The standard InChI is InChI=1S/C9H8Cl2F3NO3S/c10-6-2-7(11)8(1-5(6)3-16)19(17,18)15-4-9(12,13)14/h1-2,15-16H,3-4H2. The first-order valence-electron chi connectivity index (χ1n) is 4.72. The fourth-order valence-electron chi connectivity index (χ4n) is 1.15. The number of benzene rings is 1. The number of aliphatic hydroxyl groups is 1.